The van der Waals surface area contributed by atoms with Crippen LogP contribution < -0.4 is 10.5 Å². The second-order valence-corrected chi connectivity index (χ2v) is 4.45. The highest BCUT2D eigenvalue weighted by Crippen LogP contribution is 1.89. The number of primary amides is 1. The number of rotatable bonds is 7. The Labute approximate surface area is 86.4 Å². The molecule has 4 N–H and O–H groups in total. The normalized spacial score (nSPS) is 10.9. The van der Waals surface area contributed by atoms with Gasteiger partial charge in [-0.3, -0.25) is 4.79 Å². The van der Waals surface area contributed by atoms with Crippen LogP contribution in [0, 0.1) is 0 Å². The highest BCUT2D eigenvalue weighted by molar-refractivity contribution is 7.89. The zero-order valence-corrected chi connectivity index (χ0v) is 8.62. The highest BCUT2D eigenvalue weighted by atomic mass is 32.2. The van der Waals surface area contributed by atoms with Crippen molar-refractivity contribution in [3.8, 4) is 0 Å². The third-order valence-corrected chi connectivity index (χ3v) is 2.64. The van der Waals surface area contributed by atoms with E-state index in [0.717, 1.165) is 0 Å². The minimum absolute atomic E-state index is 0.134. The summed E-state index contributed by atoms with van der Waals surface area (Å²) in [5.74, 6) is -1.72. The minimum atomic E-state index is -3.64. The topological polar surface area (TPSA) is 136 Å². The number of aliphatic carboxylic acids is 1. The van der Waals surface area contributed by atoms with Crippen molar-refractivity contribution < 1.29 is 27.9 Å². The average molecular weight is 240 g/mol. The van der Waals surface area contributed by atoms with Gasteiger partial charge in [-0.05, 0) is 0 Å². The van der Waals surface area contributed by atoms with Crippen molar-refractivity contribution in [1.29, 1.82) is 0 Å². The lowest BCUT2D eigenvalue weighted by Gasteiger charge is -2.04. The van der Waals surface area contributed by atoms with Gasteiger partial charge in [0.1, 0.15) is 6.61 Å². The summed E-state index contributed by atoms with van der Waals surface area (Å²) >= 11 is 0. The van der Waals surface area contributed by atoms with E-state index in [1.807, 2.05) is 4.72 Å². The third-order valence-electron chi connectivity index (χ3n) is 1.25. The summed E-state index contributed by atoms with van der Waals surface area (Å²) in [6.07, 6.45) is -1.48. The molecule has 0 spiro atoms. The van der Waals surface area contributed by atoms with E-state index in [4.69, 9.17) is 5.11 Å². The van der Waals surface area contributed by atoms with Crippen LogP contribution >= 0.6 is 0 Å². The van der Waals surface area contributed by atoms with Crippen LogP contribution in [0.15, 0.2) is 0 Å². The zero-order valence-electron chi connectivity index (χ0n) is 7.80. The first-order valence-corrected chi connectivity index (χ1v) is 5.60. The first-order valence-electron chi connectivity index (χ1n) is 3.95. The Morgan fingerprint density at radius 2 is 2.00 bits per heavy atom. The van der Waals surface area contributed by atoms with Crippen LogP contribution in [0.1, 0.15) is 6.42 Å². The molecule has 0 aromatic carbocycles. The lowest BCUT2D eigenvalue weighted by Crippen LogP contribution is -2.31. The van der Waals surface area contributed by atoms with Crippen LogP contribution in [-0.4, -0.2) is 44.5 Å². The second-order valence-electron chi connectivity index (χ2n) is 2.52. The molecule has 0 bridgehead atoms. The van der Waals surface area contributed by atoms with Gasteiger partial charge in [0, 0.05) is 6.54 Å². The number of nitrogens with two attached hydrogens (primary N) is 1. The lowest BCUT2D eigenvalue weighted by atomic mass is 10.5. The molecule has 0 radical (unpaired) electrons. The molecule has 0 aromatic heterocycles. The Kier molecular flexibility index (Phi) is 5.64. The number of carbonyl (C=O) groups excluding carboxylic acids is 1. The van der Waals surface area contributed by atoms with E-state index in [9.17, 15) is 18.0 Å². The molecule has 0 aromatic rings. The second kappa shape index (κ2) is 6.19. The maximum Gasteiger partial charge on any atom is 0.404 e. The van der Waals surface area contributed by atoms with E-state index < -0.39 is 34.3 Å². The average Bonchev–Trinajstić information content (AvgIpc) is 2.09. The molecule has 0 fully saturated rings. The molecule has 0 saturated carbocycles. The van der Waals surface area contributed by atoms with E-state index >= 15 is 0 Å². The highest BCUT2D eigenvalue weighted by Gasteiger charge is 2.11. The molecule has 0 aliphatic rings. The van der Waals surface area contributed by atoms with Crippen LogP contribution in [0.4, 0.5) is 4.79 Å². The molecule has 0 heterocycles. The Morgan fingerprint density at radius 1 is 1.40 bits per heavy atom. The summed E-state index contributed by atoms with van der Waals surface area (Å²) in [6, 6.07) is 0. The number of ether oxygens (including phenoxy) is 1. The smallest absolute Gasteiger partial charge is 0.404 e. The van der Waals surface area contributed by atoms with Crippen LogP contribution in [-0.2, 0) is 19.6 Å². The summed E-state index contributed by atoms with van der Waals surface area (Å²) in [5, 5.41) is 8.24. The van der Waals surface area contributed by atoms with E-state index in [0.29, 0.717) is 0 Å². The first-order chi connectivity index (χ1) is 6.83. The number of carboxylic acid groups (broad SMARTS) is 1. The van der Waals surface area contributed by atoms with Crippen molar-refractivity contribution in [3.05, 3.63) is 0 Å². The van der Waals surface area contributed by atoms with Gasteiger partial charge < -0.3 is 15.6 Å². The fourth-order valence-electron chi connectivity index (χ4n) is 0.643. The predicted molar refractivity (Wildman–Crippen MR) is 49.6 cm³/mol. The largest absolute Gasteiger partial charge is 0.481 e. The molecule has 9 heteroatoms. The first kappa shape index (κ1) is 13.7. The molecule has 15 heavy (non-hydrogen) atoms. The van der Waals surface area contributed by atoms with Gasteiger partial charge in [-0.1, -0.05) is 0 Å². The van der Waals surface area contributed by atoms with Gasteiger partial charge in [0.15, 0.2) is 0 Å². The molecule has 0 aliphatic heterocycles. The number of carboxylic acids is 1. The third kappa shape index (κ3) is 8.97. The van der Waals surface area contributed by atoms with Gasteiger partial charge >= 0.3 is 12.1 Å². The standard InChI is InChI=1S/C6H12N2O6S/c7-6(11)14-3-2-8-15(12,13)4-1-5(9)10/h8H,1-4H2,(H2,7,11)(H,9,10). The molecule has 0 rings (SSSR count). The molecule has 1 amide bonds. The van der Waals surface area contributed by atoms with Gasteiger partial charge in [-0.2, -0.15) is 0 Å². The molecule has 0 unspecified atom stereocenters. The molecule has 0 atom stereocenters. The molecular weight excluding hydrogens is 228 g/mol. The van der Waals surface area contributed by atoms with Gasteiger partial charge in [0.2, 0.25) is 10.0 Å². The lowest BCUT2D eigenvalue weighted by molar-refractivity contribution is -0.136. The molecule has 8 nitrogen and oxygen atoms in total. The number of sulfonamides is 1. The van der Waals surface area contributed by atoms with Crippen LogP contribution in [0.25, 0.3) is 0 Å². The molecule has 88 valence electrons. The molecule has 0 saturated heterocycles. The Hall–Kier alpha value is -1.35. The van der Waals surface area contributed by atoms with Gasteiger partial charge in [0.05, 0.1) is 12.2 Å². The number of hydrogen-bond donors (Lipinski definition) is 3. The van der Waals surface area contributed by atoms with Crippen LogP contribution in [0.5, 0.6) is 0 Å². The molecular formula is C6H12N2O6S. The zero-order chi connectivity index (χ0) is 11.9. The van der Waals surface area contributed by atoms with Crippen LogP contribution in [0.2, 0.25) is 0 Å². The Bertz CT molecular complexity index is 325. The maximum absolute atomic E-state index is 11.0. The van der Waals surface area contributed by atoms with Gasteiger partial charge in [-0.15, -0.1) is 0 Å². The van der Waals surface area contributed by atoms with Crippen molar-refractivity contribution in [2.45, 2.75) is 6.42 Å². The van der Waals surface area contributed by atoms with Crippen LogP contribution in [0.3, 0.4) is 0 Å². The fraction of sp³-hybridized carbons (Fsp3) is 0.667. The quantitative estimate of drug-likeness (QED) is 0.462. The summed E-state index contributed by atoms with van der Waals surface area (Å²) in [4.78, 5) is 20.2. The summed E-state index contributed by atoms with van der Waals surface area (Å²) in [6.45, 7) is -0.327. The summed E-state index contributed by atoms with van der Waals surface area (Å²) in [5.41, 5.74) is 4.62. The van der Waals surface area contributed by atoms with Gasteiger partial charge in [0.25, 0.3) is 0 Å². The van der Waals surface area contributed by atoms with Crippen molar-refractivity contribution in [3.63, 3.8) is 0 Å². The van der Waals surface area contributed by atoms with Crippen molar-refractivity contribution in [1.82, 2.24) is 4.72 Å². The fourth-order valence-corrected chi connectivity index (χ4v) is 1.62. The predicted octanol–water partition coefficient (Wildman–Crippen LogP) is -1.52. The van der Waals surface area contributed by atoms with E-state index in [-0.39, 0.29) is 13.2 Å². The van der Waals surface area contributed by atoms with Crippen molar-refractivity contribution >= 4 is 22.1 Å². The van der Waals surface area contributed by atoms with Crippen molar-refractivity contribution in [2.75, 3.05) is 18.9 Å². The number of hydrogen-bond acceptors (Lipinski definition) is 5. The van der Waals surface area contributed by atoms with Gasteiger partial charge in [-0.25, -0.2) is 17.9 Å². The van der Waals surface area contributed by atoms with E-state index in [2.05, 4.69) is 10.5 Å². The van der Waals surface area contributed by atoms with Crippen molar-refractivity contribution in [2.24, 2.45) is 5.73 Å². The SMILES string of the molecule is NC(=O)OCCNS(=O)(=O)CCC(=O)O. The number of nitrogens with one attached hydrogen (secondary N) is 1. The molecule has 0 aliphatic carbocycles. The number of carbonyl (C=O) groups is 2. The van der Waals surface area contributed by atoms with E-state index in [1.165, 1.54) is 0 Å². The van der Waals surface area contributed by atoms with E-state index in [1.54, 1.807) is 0 Å². The summed E-state index contributed by atoms with van der Waals surface area (Å²) in [7, 11) is -3.64. The number of amides is 1. The Morgan fingerprint density at radius 3 is 2.47 bits per heavy atom. The monoisotopic (exact) mass is 240 g/mol. The maximum atomic E-state index is 11.0. The minimum Gasteiger partial charge on any atom is -0.481 e. The summed E-state index contributed by atoms with van der Waals surface area (Å²) < 4.78 is 28.4. The Balaban J connectivity index is 3.75.